The highest BCUT2D eigenvalue weighted by molar-refractivity contribution is 9.11. The fraction of sp³-hybridized carbons (Fsp3) is 0.714. The second-order valence-electron chi connectivity index (χ2n) is 3.10. The van der Waals surface area contributed by atoms with Crippen molar-refractivity contribution in [2.24, 2.45) is 0 Å². The third-order valence-corrected chi connectivity index (χ3v) is 3.59. The SMILES string of the molecule is CCC(C)(C)c1nnc(Br)s1. The Morgan fingerprint density at radius 2 is 2.09 bits per heavy atom. The van der Waals surface area contributed by atoms with Crippen LogP contribution < -0.4 is 0 Å². The van der Waals surface area contributed by atoms with E-state index in [1.807, 2.05) is 0 Å². The van der Waals surface area contributed by atoms with E-state index >= 15 is 0 Å². The monoisotopic (exact) mass is 234 g/mol. The predicted molar refractivity (Wildman–Crippen MR) is 50.9 cm³/mol. The van der Waals surface area contributed by atoms with Gasteiger partial charge < -0.3 is 0 Å². The number of rotatable bonds is 2. The first-order valence-electron chi connectivity index (χ1n) is 3.56. The van der Waals surface area contributed by atoms with Gasteiger partial charge in [0.15, 0.2) is 3.92 Å². The maximum absolute atomic E-state index is 4.08. The number of aromatic nitrogens is 2. The van der Waals surface area contributed by atoms with E-state index < -0.39 is 0 Å². The van der Waals surface area contributed by atoms with Gasteiger partial charge in [0, 0.05) is 5.41 Å². The number of halogens is 1. The van der Waals surface area contributed by atoms with Crippen LogP contribution in [0.15, 0.2) is 3.92 Å². The van der Waals surface area contributed by atoms with E-state index in [9.17, 15) is 0 Å². The van der Waals surface area contributed by atoms with Crippen molar-refractivity contribution in [1.82, 2.24) is 10.2 Å². The Hall–Kier alpha value is 0.0400. The van der Waals surface area contributed by atoms with E-state index in [1.54, 1.807) is 11.3 Å². The molecular weight excluding hydrogens is 224 g/mol. The summed E-state index contributed by atoms with van der Waals surface area (Å²) < 4.78 is 0.869. The highest BCUT2D eigenvalue weighted by Gasteiger charge is 2.22. The lowest BCUT2D eigenvalue weighted by atomic mass is 9.91. The standard InChI is InChI=1S/C7H11BrN2S/c1-4-7(2,3)5-9-10-6(8)11-5/h4H2,1-3H3. The average molecular weight is 235 g/mol. The Bertz CT molecular complexity index is 244. The molecule has 0 saturated carbocycles. The molecule has 0 N–H and O–H groups in total. The van der Waals surface area contributed by atoms with E-state index in [0.29, 0.717) is 0 Å². The molecule has 11 heavy (non-hydrogen) atoms. The molecule has 0 aliphatic rings. The van der Waals surface area contributed by atoms with E-state index in [2.05, 4.69) is 46.9 Å². The fourth-order valence-corrected chi connectivity index (χ4v) is 1.91. The summed E-state index contributed by atoms with van der Waals surface area (Å²) in [7, 11) is 0. The Balaban J connectivity index is 2.92. The Labute approximate surface area is 79.2 Å². The van der Waals surface area contributed by atoms with Gasteiger partial charge in [-0.2, -0.15) is 0 Å². The van der Waals surface area contributed by atoms with Crippen molar-refractivity contribution in [3.8, 4) is 0 Å². The molecule has 0 radical (unpaired) electrons. The van der Waals surface area contributed by atoms with Crippen molar-refractivity contribution in [3.63, 3.8) is 0 Å². The first-order chi connectivity index (χ1) is 5.06. The molecular formula is C7H11BrN2S. The molecule has 1 heterocycles. The van der Waals surface area contributed by atoms with Crippen LogP contribution >= 0.6 is 27.3 Å². The second kappa shape index (κ2) is 3.19. The zero-order valence-electron chi connectivity index (χ0n) is 6.89. The second-order valence-corrected chi connectivity index (χ2v) is 5.35. The first-order valence-corrected chi connectivity index (χ1v) is 5.16. The fourth-order valence-electron chi connectivity index (χ4n) is 0.630. The van der Waals surface area contributed by atoms with Crippen LogP contribution in [0.2, 0.25) is 0 Å². The number of nitrogens with zero attached hydrogens (tertiary/aromatic N) is 2. The minimum absolute atomic E-state index is 0.170. The molecule has 1 aromatic rings. The molecule has 0 aromatic carbocycles. The van der Waals surface area contributed by atoms with Gasteiger partial charge in [-0.25, -0.2) is 0 Å². The van der Waals surface area contributed by atoms with Gasteiger partial charge in [-0.3, -0.25) is 0 Å². The van der Waals surface area contributed by atoms with Gasteiger partial charge in [-0.15, -0.1) is 10.2 Å². The minimum atomic E-state index is 0.170. The van der Waals surface area contributed by atoms with Crippen LogP contribution in [-0.4, -0.2) is 10.2 Å². The van der Waals surface area contributed by atoms with Crippen LogP contribution in [0.5, 0.6) is 0 Å². The lowest BCUT2D eigenvalue weighted by Gasteiger charge is -2.17. The summed E-state index contributed by atoms with van der Waals surface area (Å²) in [6.07, 6.45) is 1.09. The third-order valence-electron chi connectivity index (χ3n) is 1.86. The zero-order valence-corrected chi connectivity index (χ0v) is 9.29. The van der Waals surface area contributed by atoms with Gasteiger partial charge in [0.05, 0.1) is 0 Å². The molecule has 0 aliphatic heterocycles. The van der Waals surface area contributed by atoms with Crippen LogP contribution in [0.1, 0.15) is 32.2 Å². The summed E-state index contributed by atoms with van der Waals surface area (Å²) in [4.78, 5) is 0. The molecule has 0 aliphatic carbocycles. The van der Waals surface area contributed by atoms with Crippen molar-refractivity contribution < 1.29 is 0 Å². The maximum Gasteiger partial charge on any atom is 0.183 e. The average Bonchev–Trinajstić information content (AvgIpc) is 2.36. The van der Waals surface area contributed by atoms with E-state index in [4.69, 9.17) is 0 Å². The van der Waals surface area contributed by atoms with Crippen LogP contribution in [0.4, 0.5) is 0 Å². The lowest BCUT2D eigenvalue weighted by molar-refractivity contribution is 0.498. The molecule has 0 spiro atoms. The number of hydrogen-bond donors (Lipinski definition) is 0. The predicted octanol–water partition coefficient (Wildman–Crippen LogP) is 2.99. The van der Waals surface area contributed by atoms with Gasteiger partial charge in [0.25, 0.3) is 0 Å². The Morgan fingerprint density at radius 1 is 1.45 bits per heavy atom. The molecule has 0 bridgehead atoms. The normalized spacial score (nSPS) is 12.0. The van der Waals surface area contributed by atoms with E-state index in [1.165, 1.54) is 0 Å². The van der Waals surface area contributed by atoms with E-state index in [0.717, 1.165) is 15.3 Å². The van der Waals surface area contributed by atoms with Crippen LogP contribution in [0.25, 0.3) is 0 Å². The summed E-state index contributed by atoms with van der Waals surface area (Å²) >= 11 is 4.91. The van der Waals surface area contributed by atoms with Gasteiger partial charge in [-0.05, 0) is 22.4 Å². The van der Waals surface area contributed by atoms with E-state index in [-0.39, 0.29) is 5.41 Å². The molecule has 0 unspecified atom stereocenters. The smallest absolute Gasteiger partial charge is 0.142 e. The Morgan fingerprint density at radius 3 is 2.45 bits per heavy atom. The van der Waals surface area contributed by atoms with Crippen molar-refractivity contribution in [2.45, 2.75) is 32.6 Å². The molecule has 1 aromatic heterocycles. The highest BCUT2D eigenvalue weighted by Crippen LogP contribution is 2.30. The topological polar surface area (TPSA) is 25.8 Å². The Kier molecular flexibility index (Phi) is 2.65. The van der Waals surface area contributed by atoms with Gasteiger partial charge >= 0.3 is 0 Å². The molecule has 2 nitrogen and oxygen atoms in total. The van der Waals surface area contributed by atoms with Crippen molar-refractivity contribution >= 4 is 27.3 Å². The molecule has 62 valence electrons. The molecule has 0 fully saturated rings. The summed E-state index contributed by atoms with van der Waals surface area (Å²) in [5.74, 6) is 0. The van der Waals surface area contributed by atoms with Gasteiger partial charge in [0.1, 0.15) is 5.01 Å². The molecule has 0 saturated heterocycles. The third kappa shape index (κ3) is 1.99. The lowest BCUT2D eigenvalue weighted by Crippen LogP contribution is -2.14. The summed E-state index contributed by atoms with van der Waals surface area (Å²) in [6.45, 7) is 6.52. The highest BCUT2D eigenvalue weighted by atomic mass is 79.9. The summed E-state index contributed by atoms with van der Waals surface area (Å²) in [6, 6.07) is 0. The minimum Gasteiger partial charge on any atom is -0.142 e. The summed E-state index contributed by atoms with van der Waals surface area (Å²) in [5.41, 5.74) is 0.170. The van der Waals surface area contributed by atoms with Gasteiger partial charge in [0.2, 0.25) is 0 Å². The van der Waals surface area contributed by atoms with Crippen LogP contribution in [0.3, 0.4) is 0 Å². The van der Waals surface area contributed by atoms with Crippen molar-refractivity contribution in [1.29, 1.82) is 0 Å². The summed E-state index contributed by atoms with van der Waals surface area (Å²) in [5, 5.41) is 9.10. The largest absolute Gasteiger partial charge is 0.183 e. The van der Waals surface area contributed by atoms with Gasteiger partial charge in [-0.1, -0.05) is 32.1 Å². The zero-order chi connectivity index (χ0) is 8.48. The van der Waals surface area contributed by atoms with Crippen LogP contribution in [0, 0.1) is 0 Å². The number of hydrogen-bond acceptors (Lipinski definition) is 3. The van der Waals surface area contributed by atoms with Crippen LogP contribution in [-0.2, 0) is 5.41 Å². The van der Waals surface area contributed by atoms with Crippen molar-refractivity contribution in [2.75, 3.05) is 0 Å². The molecule has 0 atom stereocenters. The first kappa shape index (κ1) is 9.13. The maximum atomic E-state index is 4.08. The quantitative estimate of drug-likeness (QED) is 0.787. The molecule has 1 rings (SSSR count). The molecule has 4 heteroatoms. The molecule has 0 amide bonds. The van der Waals surface area contributed by atoms with Crippen molar-refractivity contribution in [3.05, 3.63) is 8.92 Å².